The van der Waals surface area contributed by atoms with Crippen molar-refractivity contribution >= 4 is 5.82 Å². The minimum Gasteiger partial charge on any atom is -0.353 e. The second kappa shape index (κ2) is 6.95. The van der Waals surface area contributed by atoms with Gasteiger partial charge in [0.15, 0.2) is 5.82 Å². The van der Waals surface area contributed by atoms with Crippen LogP contribution in [0.3, 0.4) is 0 Å². The topological polar surface area (TPSA) is 83.5 Å². The van der Waals surface area contributed by atoms with E-state index in [4.69, 9.17) is 0 Å². The molecule has 0 aliphatic carbocycles. The second-order valence-electron chi connectivity index (χ2n) is 6.23. The van der Waals surface area contributed by atoms with Crippen LogP contribution in [-0.4, -0.2) is 38.1 Å². The molecule has 3 rings (SSSR count). The minimum atomic E-state index is 0.301. The van der Waals surface area contributed by atoms with Gasteiger partial charge in [0.05, 0.1) is 5.69 Å². The van der Waals surface area contributed by atoms with E-state index in [0.29, 0.717) is 11.5 Å². The largest absolute Gasteiger partial charge is 0.353 e. The molecule has 1 fully saturated rings. The van der Waals surface area contributed by atoms with Crippen LogP contribution in [0.15, 0.2) is 6.33 Å². The number of nitrogens with zero attached hydrogens (tertiary/aromatic N) is 7. The Morgan fingerprint density at radius 2 is 2.08 bits per heavy atom. The van der Waals surface area contributed by atoms with Crippen LogP contribution in [-0.2, 0) is 19.9 Å². The van der Waals surface area contributed by atoms with Crippen molar-refractivity contribution in [3.8, 4) is 6.07 Å². The lowest BCUT2D eigenvalue weighted by atomic mass is 9.96. The van der Waals surface area contributed by atoms with E-state index in [-0.39, 0.29) is 0 Å². The number of aromatic nitrogens is 5. The molecule has 24 heavy (non-hydrogen) atoms. The van der Waals surface area contributed by atoms with Gasteiger partial charge in [-0.05, 0) is 31.2 Å². The summed E-state index contributed by atoms with van der Waals surface area (Å²) in [6, 6.07) is 2.37. The Morgan fingerprint density at radius 1 is 1.25 bits per heavy atom. The predicted octanol–water partition coefficient (Wildman–Crippen LogP) is 1.99. The van der Waals surface area contributed by atoms with Crippen LogP contribution in [0.25, 0.3) is 0 Å². The molecule has 1 saturated heterocycles. The van der Waals surface area contributed by atoms with Crippen LogP contribution in [0.5, 0.6) is 0 Å². The number of hydrogen-bond donors (Lipinski definition) is 0. The smallest absolute Gasteiger partial charge is 0.169 e. The van der Waals surface area contributed by atoms with E-state index in [1.807, 2.05) is 11.6 Å². The molecule has 1 atom stereocenters. The second-order valence-corrected chi connectivity index (χ2v) is 6.23. The van der Waals surface area contributed by atoms with Gasteiger partial charge < -0.3 is 9.47 Å². The van der Waals surface area contributed by atoms with Gasteiger partial charge in [0, 0.05) is 26.1 Å². The third-order valence-electron chi connectivity index (χ3n) is 4.77. The lowest BCUT2D eigenvalue weighted by Gasteiger charge is -2.33. The first-order valence-corrected chi connectivity index (χ1v) is 8.56. The Morgan fingerprint density at radius 3 is 2.71 bits per heavy atom. The summed E-state index contributed by atoms with van der Waals surface area (Å²) < 4.78 is 1.97. The van der Waals surface area contributed by atoms with Crippen LogP contribution in [0.2, 0.25) is 0 Å². The predicted molar refractivity (Wildman–Crippen MR) is 90.7 cm³/mol. The van der Waals surface area contributed by atoms with Gasteiger partial charge in [0.1, 0.15) is 23.8 Å². The molecule has 0 aromatic carbocycles. The molecule has 126 valence electrons. The number of rotatable bonds is 4. The van der Waals surface area contributed by atoms with Crippen molar-refractivity contribution < 1.29 is 0 Å². The number of nitriles is 1. The molecule has 0 N–H and O–H groups in total. The van der Waals surface area contributed by atoms with E-state index in [9.17, 15) is 5.26 Å². The van der Waals surface area contributed by atoms with Gasteiger partial charge >= 0.3 is 0 Å². The first kappa shape index (κ1) is 16.4. The molecule has 1 aliphatic heterocycles. The van der Waals surface area contributed by atoms with Crippen LogP contribution in [0.4, 0.5) is 5.82 Å². The zero-order valence-corrected chi connectivity index (χ0v) is 14.5. The maximum atomic E-state index is 9.70. The van der Waals surface area contributed by atoms with E-state index < -0.39 is 0 Å². The maximum absolute atomic E-state index is 9.70. The summed E-state index contributed by atoms with van der Waals surface area (Å²) in [5.74, 6) is 2.01. The summed E-state index contributed by atoms with van der Waals surface area (Å²) in [4.78, 5) is 2.19. The van der Waals surface area contributed by atoms with Crippen LogP contribution < -0.4 is 4.90 Å². The number of hydrogen-bond acceptors (Lipinski definition) is 6. The summed E-state index contributed by atoms with van der Waals surface area (Å²) in [7, 11) is 1.97. The van der Waals surface area contributed by atoms with Crippen molar-refractivity contribution in [2.75, 3.05) is 18.0 Å². The highest BCUT2D eigenvalue weighted by Gasteiger charge is 2.28. The first-order valence-electron chi connectivity index (χ1n) is 8.56. The number of aryl methyl sites for hydroxylation is 2. The molecule has 0 saturated carbocycles. The highest BCUT2D eigenvalue weighted by molar-refractivity contribution is 5.58. The molecule has 0 bridgehead atoms. The molecule has 1 aliphatic rings. The van der Waals surface area contributed by atoms with Crippen molar-refractivity contribution in [2.24, 2.45) is 7.05 Å². The summed E-state index contributed by atoms with van der Waals surface area (Å²) >= 11 is 0. The maximum Gasteiger partial charge on any atom is 0.169 e. The van der Waals surface area contributed by atoms with Gasteiger partial charge in [-0.25, -0.2) is 0 Å². The summed E-state index contributed by atoms with van der Waals surface area (Å²) in [5, 5.41) is 26.7. The van der Waals surface area contributed by atoms with Crippen LogP contribution in [0.1, 0.15) is 55.3 Å². The van der Waals surface area contributed by atoms with Gasteiger partial charge in [0.25, 0.3) is 0 Å². The quantitative estimate of drug-likeness (QED) is 0.855. The highest BCUT2D eigenvalue weighted by atomic mass is 15.3. The van der Waals surface area contributed by atoms with Gasteiger partial charge in [-0.2, -0.15) is 10.4 Å². The first-order chi connectivity index (χ1) is 11.7. The third kappa shape index (κ3) is 2.84. The molecular formula is C17H23N7. The molecule has 0 amide bonds. The SMILES string of the molecule is CCc1nnc(N2CCCC(c3nncn3C)C2)c(C#N)c1CC. The van der Waals surface area contributed by atoms with E-state index in [0.717, 1.165) is 61.7 Å². The number of piperidine rings is 1. The summed E-state index contributed by atoms with van der Waals surface area (Å²) in [6.07, 6.45) is 5.45. The third-order valence-corrected chi connectivity index (χ3v) is 4.77. The average molecular weight is 325 g/mol. The zero-order chi connectivity index (χ0) is 17.1. The highest BCUT2D eigenvalue weighted by Crippen LogP contribution is 2.30. The van der Waals surface area contributed by atoms with Crippen molar-refractivity contribution in [1.29, 1.82) is 5.26 Å². The van der Waals surface area contributed by atoms with Gasteiger partial charge in [-0.1, -0.05) is 13.8 Å². The Hall–Kier alpha value is -2.49. The fourth-order valence-electron chi connectivity index (χ4n) is 3.54. The normalized spacial score (nSPS) is 17.8. The lowest BCUT2D eigenvalue weighted by Crippen LogP contribution is -2.36. The molecule has 0 radical (unpaired) electrons. The summed E-state index contributed by atoms with van der Waals surface area (Å²) in [6.45, 7) is 5.81. The average Bonchev–Trinajstić information content (AvgIpc) is 3.06. The lowest BCUT2D eigenvalue weighted by molar-refractivity contribution is 0.476. The molecule has 2 aromatic rings. The zero-order valence-electron chi connectivity index (χ0n) is 14.5. The van der Waals surface area contributed by atoms with Gasteiger partial charge in [0.2, 0.25) is 0 Å². The van der Waals surface area contributed by atoms with Crippen molar-refractivity contribution in [3.63, 3.8) is 0 Å². The minimum absolute atomic E-state index is 0.301. The van der Waals surface area contributed by atoms with Crippen LogP contribution in [0, 0.1) is 11.3 Å². The number of anilines is 1. The van der Waals surface area contributed by atoms with E-state index >= 15 is 0 Å². The fraction of sp³-hybridized carbons (Fsp3) is 0.588. The standard InChI is InChI=1S/C17H23N7/c1-4-13-14(9-18)17(22-20-15(13)5-2)24-8-6-7-12(10-24)16-21-19-11-23(16)3/h11-12H,4-8,10H2,1-3H3. The van der Waals surface area contributed by atoms with Crippen molar-refractivity contribution in [1.82, 2.24) is 25.0 Å². The molecule has 7 nitrogen and oxygen atoms in total. The fourth-order valence-corrected chi connectivity index (χ4v) is 3.54. The Labute approximate surface area is 142 Å². The molecule has 2 aromatic heterocycles. The molecule has 0 spiro atoms. The van der Waals surface area contributed by atoms with Crippen molar-refractivity contribution in [3.05, 3.63) is 29.0 Å². The van der Waals surface area contributed by atoms with Gasteiger partial charge in [-0.3, -0.25) is 0 Å². The van der Waals surface area contributed by atoms with Crippen LogP contribution >= 0.6 is 0 Å². The van der Waals surface area contributed by atoms with Gasteiger partial charge in [-0.15, -0.1) is 15.3 Å². The van der Waals surface area contributed by atoms with E-state index in [1.54, 1.807) is 6.33 Å². The Bertz CT molecular complexity index is 759. The molecule has 7 heteroatoms. The molecule has 1 unspecified atom stereocenters. The van der Waals surface area contributed by atoms with E-state index in [2.05, 4.69) is 45.2 Å². The van der Waals surface area contributed by atoms with Crippen molar-refractivity contribution in [2.45, 2.75) is 45.4 Å². The Balaban J connectivity index is 1.94. The Kier molecular flexibility index (Phi) is 4.74. The summed E-state index contributed by atoms with van der Waals surface area (Å²) in [5.41, 5.74) is 2.65. The van der Waals surface area contributed by atoms with E-state index in [1.165, 1.54) is 0 Å². The molecular weight excluding hydrogens is 302 g/mol. The monoisotopic (exact) mass is 325 g/mol. The molecule has 3 heterocycles.